The summed E-state index contributed by atoms with van der Waals surface area (Å²) in [6.07, 6.45) is 1.58. The molecule has 15 heavy (non-hydrogen) atoms. The van der Waals surface area contributed by atoms with Crippen LogP contribution in [0.4, 0.5) is 15.8 Å². The SMILES string of the molecule is CC(CCCO)Nc1cc(N)cc(F)c1. The Morgan fingerprint density at radius 3 is 2.80 bits per heavy atom. The van der Waals surface area contributed by atoms with Gasteiger partial charge in [0.1, 0.15) is 5.82 Å². The van der Waals surface area contributed by atoms with Crippen molar-refractivity contribution in [1.82, 2.24) is 0 Å². The summed E-state index contributed by atoms with van der Waals surface area (Å²) < 4.78 is 13.0. The fourth-order valence-electron chi connectivity index (χ4n) is 1.45. The van der Waals surface area contributed by atoms with E-state index >= 15 is 0 Å². The summed E-state index contributed by atoms with van der Waals surface area (Å²) in [5.41, 5.74) is 6.60. The molecule has 1 aromatic rings. The van der Waals surface area contributed by atoms with Crippen LogP contribution in [0, 0.1) is 5.82 Å². The molecular formula is C11H17FN2O. The molecule has 0 aliphatic carbocycles. The molecule has 0 aliphatic heterocycles. The number of anilines is 2. The maximum atomic E-state index is 13.0. The molecule has 4 heteroatoms. The maximum absolute atomic E-state index is 13.0. The smallest absolute Gasteiger partial charge is 0.127 e. The number of aliphatic hydroxyl groups is 1. The largest absolute Gasteiger partial charge is 0.399 e. The number of halogens is 1. The first-order chi connectivity index (χ1) is 7.11. The summed E-state index contributed by atoms with van der Waals surface area (Å²) in [5, 5.41) is 11.8. The number of nitrogen functional groups attached to an aromatic ring is 1. The van der Waals surface area contributed by atoms with Gasteiger partial charge in [0.2, 0.25) is 0 Å². The van der Waals surface area contributed by atoms with Crippen molar-refractivity contribution in [2.75, 3.05) is 17.7 Å². The van der Waals surface area contributed by atoms with Gasteiger partial charge in [-0.2, -0.15) is 0 Å². The molecule has 0 radical (unpaired) electrons. The molecule has 0 aromatic heterocycles. The van der Waals surface area contributed by atoms with Crippen LogP contribution in [0.5, 0.6) is 0 Å². The lowest BCUT2D eigenvalue weighted by molar-refractivity contribution is 0.282. The minimum absolute atomic E-state index is 0.178. The summed E-state index contributed by atoms with van der Waals surface area (Å²) in [6.45, 7) is 2.16. The number of hydrogen-bond acceptors (Lipinski definition) is 3. The van der Waals surface area contributed by atoms with E-state index in [1.165, 1.54) is 12.1 Å². The topological polar surface area (TPSA) is 58.3 Å². The lowest BCUT2D eigenvalue weighted by atomic mass is 10.1. The fraction of sp³-hybridized carbons (Fsp3) is 0.455. The van der Waals surface area contributed by atoms with Crippen LogP contribution in [0.15, 0.2) is 18.2 Å². The molecular weight excluding hydrogens is 195 g/mol. The van der Waals surface area contributed by atoms with E-state index in [2.05, 4.69) is 5.32 Å². The molecule has 0 saturated heterocycles. The molecule has 1 atom stereocenters. The van der Waals surface area contributed by atoms with Gasteiger partial charge in [0.25, 0.3) is 0 Å². The Morgan fingerprint density at radius 1 is 1.47 bits per heavy atom. The molecule has 0 amide bonds. The third-order valence-electron chi connectivity index (χ3n) is 2.13. The number of nitrogens with one attached hydrogen (secondary N) is 1. The van der Waals surface area contributed by atoms with Crippen LogP contribution >= 0.6 is 0 Å². The first kappa shape index (κ1) is 11.8. The van der Waals surface area contributed by atoms with E-state index in [0.29, 0.717) is 11.4 Å². The summed E-state index contributed by atoms with van der Waals surface area (Å²) in [4.78, 5) is 0. The van der Waals surface area contributed by atoms with Gasteiger partial charge in [0.15, 0.2) is 0 Å². The molecule has 0 heterocycles. The predicted octanol–water partition coefficient (Wildman–Crippen LogP) is 1.98. The zero-order valence-corrected chi connectivity index (χ0v) is 8.83. The van der Waals surface area contributed by atoms with E-state index in [0.717, 1.165) is 12.8 Å². The average Bonchev–Trinajstić information content (AvgIpc) is 2.13. The quantitative estimate of drug-likeness (QED) is 0.654. The monoisotopic (exact) mass is 212 g/mol. The van der Waals surface area contributed by atoms with Gasteiger partial charge in [-0.1, -0.05) is 0 Å². The number of aliphatic hydroxyl groups excluding tert-OH is 1. The zero-order chi connectivity index (χ0) is 11.3. The predicted molar refractivity (Wildman–Crippen MR) is 60.2 cm³/mol. The molecule has 0 bridgehead atoms. The molecule has 84 valence electrons. The van der Waals surface area contributed by atoms with E-state index in [1.54, 1.807) is 6.07 Å². The number of nitrogens with two attached hydrogens (primary N) is 1. The summed E-state index contributed by atoms with van der Waals surface area (Å²) in [6, 6.07) is 4.58. The highest BCUT2D eigenvalue weighted by molar-refractivity contribution is 5.54. The highest BCUT2D eigenvalue weighted by Crippen LogP contribution is 2.17. The molecule has 0 saturated carbocycles. The van der Waals surface area contributed by atoms with Crippen molar-refractivity contribution < 1.29 is 9.50 Å². The lowest BCUT2D eigenvalue weighted by Gasteiger charge is -2.15. The van der Waals surface area contributed by atoms with Crippen LogP contribution < -0.4 is 11.1 Å². The molecule has 1 unspecified atom stereocenters. The van der Waals surface area contributed by atoms with Crippen molar-refractivity contribution in [1.29, 1.82) is 0 Å². The highest BCUT2D eigenvalue weighted by atomic mass is 19.1. The molecule has 1 rings (SSSR count). The van der Waals surface area contributed by atoms with E-state index in [-0.39, 0.29) is 18.5 Å². The molecule has 1 aromatic carbocycles. The Hall–Kier alpha value is -1.29. The van der Waals surface area contributed by atoms with Crippen molar-refractivity contribution in [2.24, 2.45) is 0 Å². The second-order valence-corrected chi connectivity index (χ2v) is 3.68. The van der Waals surface area contributed by atoms with Gasteiger partial charge in [-0.15, -0.1) is 0 Å². The molecule has 4 N–H and O–H groups in total. The molecule has 0 fully saturated rings. The van der Waals surface area contributed by atoms with Crippen molar-refractivity contribution in [3.63, 3.8) is 0 Å². The summed E-state index contributed by atoms with van der Waals surface area (Å²) in [7, 11) is 0. The molecule has 0 spiro atoms. The van der Waals surface area contributed by atoms with E-state index in [1.807, 2.05) is 6.92 Å². The Labute approximate surface area is 89.1 Å². The second-order valence-electron chi connectivity index (χ2n) is 3.68. The van der Waals surface area contributed by atoms with E-state index in [9.17, 15) is 4.39 Å². The lowest BCUT2D eigenvalue weighted by Crippen LogP contribution is -2.15. The van der Waals surface area contributed by atoms with Crippen LogP contribution in [0.3, 0.4) is 0 Å². The van der Waals surface area contributed by atoms with Gasteiger partial charge >= 0.3 is 0 Å². The van der Waals surface area contributed by atoms with Gasteiger partial charge in [-0.3, -0.25) is 0 Å². The van der Waals surface area contributed by atoms with Crippen molar-refractivity contribution in [3.8, 4) is 0 Å². The van der Waals surface area contributed by atoms with E-state index in [4.69, 9.17) is 10.8 Å². The fourth-order valence-corrected chi connectivity index (χ4v) is 1.45. The maximum Gasteiger partial charge on any atom is 0.127 e. The first-order valence-electron chi connectivity index (χ1n) is 5.05. The van der Waals surface area contributed by atoms with Gasteiger partial charge < -0.3 is 16.2 Å². The number of hydrogen-bond donors (Lipinski definition) is 3. The number of rotatable bonds is 5. The Morgan fingerprint density at radius 2 is 2.20 bits per heavy atom. The Bertz CT molecular complexity index is 297. The Balaban J connectivity index is 2.56. The van der Waals surface area contributed by atoms with Gasteiger partial charge in [-0.25, -0.2) is 4.39 Å². The van der Waals surface area contributed by atoms with Crippen LogP contribution in [0.25, 0.3) is 0 Å². The minimum atomic E-state index is -0.341. The normalized spacial score (nSPS) is 12.5. The second kappa shape index (κ2) is 5.56. The van der Waals surface area contributed by atoms with Crippen LogP contribution in [0.2, 0.25) is 0 Å². The number of benzene rings is 1. The standard InChI is InChI=1S/C11H17FN2O/c1-8(3-2-4-15)14-11-6-9(12)5-10(13)7-11/h5-8,14-15H,2-4,13H2,1H3. The van der Waals surface area contributed by atoms with Crippen LogP contribution in [-0.4, -0.2) is 17.8 Å². The first-order valence-corrected chi connectivity index (χ1v) is 5.05. The van der Waals surface area contributed by atoms with Crippen molar-refractivity contribution in [3.05, 3.63) is 24.0 Å². The van der Waals surface area contributed by atoms with Crippen molar-refractivity contribution >= 4 is 11.4 Å². The van der Waals surface area contributed by atoms with Crippen molar-refractivity contribution in [2.45, 2.75) is 25.8 Å². The molecule has 3 nitrogen and oxygen atoms in total. The minimum Gasteiger partial charge on any atom is -0.399 e. The third-order valence-corrected chi connectivity index (χ3v) is 2.13. The summed E-state index contributed by atoms with van der Waals surface area (Å²) in [5.74, 6) is -0.341. The highest BCUT2D eigenvalue weighted by Gasteiger charge is 2.03. The van der Waals surface area contributed by atoms with Gasteiger partial charge in [0.05, 0.1) is 0 Å². The summed E-state index contributed by atoms with van der Waals surface area (Å²) >= 11 is 0. The third kappa shape index (κ3) is 4.16. The Kier molecular flexibility index (Phi) is 4.37. The van der Waals surface area contributed by atoms with Crippen LogP contribution in [-0.2, 0) is 0 Å². The van der Waals surface area contributed by atoms with Crippen LogP contribution in [0.1, 0.15) is 19.8 Å². The van der Waals surface area contributed by atoms with Gasteiger partial charge in [-0.05, 0) is 38.0 Å². The van der Waals surface area contributed by atoms with E-state index < -0.39 is 0 Å². The zero-order valence-electron chi connectivity index (χ0n) is 8.83. The van der Waals surface area contributed by atoms with Gasteiger partial charge in [0, 0.05) is 24.0 Å². The molecule has 0 aliphatic rings. The average molecular weight is 212 g/mol.